The Labute approximate surface area is 243 Å². The van der Waals surface area contributed by atoms with Crippen LogP contribution in [-0.2, 0) is 0 Å². The van der Waals surface area contributed by atoms with Gasteiger partial charge in [-0.25, -0.2) is 15.0 Å². The number of nitrogens with zero attached hydrogens (tertiary/aromatic N) is 3. The molecule has 0 atom stereocenters. The van der Waals surface area contributed by atoms with Crippen molar-refractivity contribution < 1.29 is 0 Å². The minimum atomic E-state index is 0.659. The Morgan fingerprint density at radius 3 is 1.50 bits per heavy atom. The molecule has 1 heterocycles. The summed E-state index contributed by atoms with van der Waals surface area (Å²) in [5, 5.41) is 7.07. The van der Waals surface area contributed by atoms with Crippen molar-refractivity contribution in [3.63, 3.8) is 0 Å². The Morgan fingerprint density at radius 1 is 0.286 bits per heavy atom. The molecule has 0 N–H and O–H groups in total. The second-order valence-electron chi connectivity index (χ2n) is 10.5. The normalized spacial score (nSPS) is 11.3. The molecule has 0 aliphatic rings. The molecule has 0 fully saturated rings. The van der Waals surface area contributed by atoms with Crippen LogP contribution in [0.3, 0.4) is 0 Å². The van der Waals surface area contributed by atoms with Crippen molar-refractivity contribution in [1.29, 1.82) is 0 Å². The van der Waals surface area contributed by atoms with Crippen molar-refractivity contribution in [2.45, 2.75) is 0 Å². The first kappa shape index (κ1) is 24.2. The van der Waals surface area contributed by atoms with E-state index < -0.39 is 0 Å². The fourth-order valence-corrected chi connectivity index (χ4v) is 5.69. The summed E-state index contributed by atoms with van der Waals surface area (Å²) in [6.07, 6.45) is 0. The summed E-state index contributed by atoms with van der Waals surface area (Å²) >= 11 is 0. The van der Waals surface area contributed by atoms with Crippen LogP contribution < -0.4 is 0 Å². The van der Waals surface area contributed by atoms with E-state index in [9.17, 15) is 0 Å². The summed E-state index contributed by atoms with van der Waals surface area (Å²) in [7, 11) is 0. The molecule has 0 unspecified atom stereocenters. The molecule has 0 saturated carbocycles. The molecule has 0 aliphatic carbocycles. The average molecular weight is 536 g/mol. The number of rotatable bonds is 4. The molecule has 8 rings (SSSR count). The van der Waals surface area contributed by atoms with E-state index in [1.807, 2.05) is 30.3 Å². The quantitative estimate of drug-likeness (QED) is 0.225. The molecule has 0 amide bonds. The highest BCUT2D eigenvalue weighted by Gasteiger charge is 2.15. The lowest BCUT2D eigenvalue weighted by Gasteiger charge is -2.12. The monoisotopic (exact) mass is 535 g/mol. The van der Waals surface area contributed by atoms with Gasteiger partial charge in [0.1, 0.15) is 0 Å². The Kier molecular flexibility index (Phi) is 5.79. The lowest BCUT2D eigenvalue weighted by Crippen LogP contribution is -2.00. The number of benzene rings is 7. The summed E-state index contributed by atoms with van der Waals surface area (Å²) in [6.45, 7) is 0. The largest absolute Gasteiger partial charge is 0.208 e. The highest BCUT2D eigenvalue weighted by Crippen LogP contribution is 2.34. The predicted octanol–water partition coefficient (Wildman–Crippen LogP) is 10.00. The summed E-state index contributed by atoms with van der Waals surface area (Å²) < 4.78 is 0. The SMILES string of the molecule is c1ccc(-c2nc(-c3ccc4ccccc4c3)nc(-c3cccc4ccc(-c5ccc6ccccc6c5)cc34)n2)cc1. The minimum absolute atomic E-state index is 0.659. The fraction of sp³-hybridized carbons (Fsp3) is 0. The highest BCUT2D eigenvalue weighted by atomic mass is 15.0. The van der Waals surface area contributed by atoms with Gasteiger partial charge in [-0.15, -0.1) is 0 Å². The molecule has 3 heteroatoms. The van der Waals surface area contributed by atoms with Crippen molar-refractivity contribution in [2.75, 3.05) is 0 Å². The van der Waals surface area contributed by atoms with Gasteiger partial charge in [-0.05, 0) is 61.6 Å². The summed E-state index contributed by atoms with van der Waals surface area (Å²) in [4.78, 5) is 15.1. The third-order valence-electron chi connectivity index (χ3n) is 7.88. The van der Waals surface area contributed by atoms with E-state index in [-0.39, 0.29) is 0 Å². The minimum Gasteiger partial charge on any atom is -0.208 e. The van der Waals surface area contributed by atoms with Gasteiger partial charge < -0.3 is 0 Å². The van der Waals surface area contributed by atoms with E-state index in [2.05, 4.69) is 121 Å². The van der Waals surface area contributed by atoms with Crippen molar-refractivity contribution in [3.8, 4) is 45.3 Å². The van der Waals surface area contributed by atoms with E-state index in [1.54, 1.807) is 0 Å². The van der Waals surface area contributed by atoms with Gasteiger partial charge in [0.05, 0.1) is 0 Å². The number of hydrogen-bond acceptors (Lipinski definition) is 3. The van der Waals surface area contributed by atoms with E-state index in [0.29, 0.717) is 17.5 Å². The Morgan fingerprint density at radius 2 is 0.786 bits per heavy atom. The molecule has 3 nitrogen and oxygen atoms in total. The van der Waals surface area contributed by atoms with Crippen LogP contribution in [0.15, 0.2) is 152 Å². The molecule has 0 aliphatic heterocycles. The Hall–Kier alpha value is -5.67. The van der Waals surface area contributed by atoms with Crippen molar-refractivity contribution in [2.24, 2.45) is 0 Å². The average Bonchev–Trinajstić information content (AvgIpc) is 3.07. The number of aromatic nitrogens is 3. The Balaban J connectivity index is 1.32. The molecule has 8 aromatic rings. The van der Waals surface area contributed by atoms with E-state index >= 15 is 0 Å². The standard InChI is InChI=1S/C39H25N3/c1-2-11-29(12-3-1)37-40-38(34-22-18-27-10-5-7-14-31(27)24-34)42-39(41-37)35-16-8-15-28-19-21-33(25-36(28)35)32-20-17-26-9-4-6-13-30(26)23-32/h1-25H. The van der Waals surface area contributed by atoms with Crippen LogP contribution in [-0.4, -0.2) is 15.0 Å². The molecule has 196 valence electrons. The highest BCUT2D eigenvalue weighted by molar-refractivity contribution is 5.99. The van der Waals surface area contributed by atoms with Gasteiger partial charge in [0.2, 0.25) is 0 Å². The maximum Gasteiger partial charge on any atom is 0.164 e. The van der Waals surface area contributed by atoms with Gasteiger partial charge in [-0.3, -0.25) is 0 Å². The molecular weight excluding hydrogens is 510 g/mol. The van der Waals surface area contributed by atoms with Gasteiger partial charge in [-0.1, -0.05) is 133 Å². The third kappa shape index (κ3) is 4.38. The van der Waals surface area contributed by atoms with Gasteiger partial charge in [0.15, 0.2) is 17.5 Å². The molecule has 0 bridgehead atoms. The van der Waals surface area contributed by atoms with E-state index in [1.165, 1.54) is 21.7 Å². The third-order valence-corrected chi connectivity index (χ3v) is 7.88. The van der Waals surface area contributed by atoms with Gasteiger partial charge >= 0.3 is 0 Å². The van der Waals surface area contributed by atoms with Crippen LogP contribution in [0.2, 0.25) is 0 Å². The van der Waals surface area contributed by atoms with Gasteiger partial charge in [0, 0.05) is 16.7 Å². The topological polar surface area (TPSA) is 38.7 Å². The van der Waals surface area contributed by atoms with Gasteiger partial charge in [-0.2, -0.15) is 0 Å². The first-order valence-corrected chi connectivity index (χ1v) is 14.1. The van der Waals surface area contributed by atoms with Crippen molar-refractivity contribution in [1.82, 2.24) is 15.0 Å². The smallest absolute Gasteiger partial charge is 0.164 e. The molecule has 1 aromatic heterocycles. The summed E-state index contributed by atoms with van der Waals surface area (Å²) in [5.74, 6) is 1.98. The zero-order chi connectivity index (χ0) is 27.9. The van der Waals surface area contributed by atoms with Crippen LogP contribution in [0.1, 0.15) is 0 Å². The molecular formula is C39H25N3. The lowest BCUT2D eigenvalue weighted by atomic mass is 9.96. The maximum atomic E-state index is 5.08. The van der Waals surface area contributed by atoms with Crippen molar-refractivity contribution >= 4 is 32.3 Å². The van der Waals surface area contributed by atoms with Crippen molar-refractivity contribution in [3.05, 3.63) is 152 Å². The molecule has 0 radical (unpaired) electrons. The number of fused-ring (bicyclic) bond motifs is 3. The zero-order valence-corrected chi connectivity index (χ0v) is 22.8. The molecule has 0 saturated heterocycles. The second-order valence-corrected chi connectivity index (χ2v) is 10.5. The van der Waals surface area contributed by atoms with Crippen LogP contribution in [0, 0.1) is 0 Å². The van der Waals surface area contributed by atoms with Crippen LogP contribution >= 0.6 is 0 Å². The van der Waals surface area contributed by atoms with Gasteiger partial charge in [0.25, 0.3) is 0 Å². The maximum absolute atomic E-state index is 5.08. The predicted molar refractivity (Wildman–Crippen MR) is 174 cm³/mol. The van der Waals surface area contributed by atoms with E-state index in [0.717, 1.165) is 38.4 Å². The fourth-order valence-electron chi connectivity index (χ4n) is 5.69. The summed E-state index contributed by atoms with van der Waals surface area (Å²) in [5.41, 5.74) is 5.25. The molecule has 0 spiro atoms. The second kappa shape index (κ2) is 10.1. The molecule has 7 aromatic carbocycles. The first-order valence-electron chi connectivity index (χ1n) is 14.1. The zero-order valence-electron chi connectivity index (χ0n) is 22.8. The lowest BCUT2D eigenvalue weighted by molar-refractivity contribution is 1.08. The first-order chi connectivity index (χ1) is 20.8. The van der Waals surface area contributed by atoms with Crippen LogP contribution in [0.4, 0.5) is 0 Å². The molecule has 42 heavy (non-hydrogen) atoms. The number of hydrogen-bond donors (Lipinski definition) is 0. The summed E-state index contributed by atoms with van der Waals surface area (Å²) in [6, 6.07) is 53.0. The van der Waals surface area contributed by atoms with Crippen LogP contribution in [0.5, 0.6) is 0 Å². The van der Waals surface area contributed by atoms with E-state index in [4.69, 9.17) is 15.0 Å². The van der Waals surface area contributed by atoms with Crippen LogP contribution in [0.25, 0.3) is 77.6 Å². The Bertz CT molecular complexity index is 2250.